The van der Waals surface area contributed by atoms with Gasteiger partial charge in [0.1, 0.15) is 11.9 Å². The van der Waals surface area contributed by atoms with Gasteiger partial charge in [0.05, 0.1) is 16.7 Å². The number of hydrogen-bond acceptors (Lipinski definition) is 5. The summed E-state index contributed by atoms with van der Waals surface area (Å²) in [5, 5.41) is 21.0. The molecule has 0 aliphatic heterocycles. The van der Waals surface area contributed by atoms with Crippen LogP contribution in [0.15, 0.2) is 30.3 Å². The van der Waals surface area contributed by atoms with Crippen LogP contribution in [0.2, 0.25) is 0 Å². The van der Waals surface area contributed by atoms with Crippen LogP contribution in [0.5, 0.6) is 0 Å². The van der Waals surface area contributed by atoms with Gasteiger partial charge in [-0.1, -0.05) is 12.5 Å². The van der Waals surface area contributed by atoms with Crippen molar-refractivity contribution in [3.05, 3.63) is 51.7 Å². The molecule has 0 radical (unpaired) electrons. The third-order valence-electron chi connectivity index (χ3n) is 6.18. The Morgan fingerprint density at radius 1 is 1.27 bits per heavy atom. The molecule has 1 heterocycles. The van der Waals surface area contributed by atoms with Gasteiger partial charge in [0, 0.05) is 23.8 Å². The second kappa shape index (κ2) is 7.89. The summed E-state index contributed by atoms with van der Waals surface area (Å²) in [4.78, 5) is 35.5. The zero-order valence-electron chi connectivity index (χ0n) is 17.0. The first-order chi connectivity index (χ1) is 14.3. The zero-order valence-corrected chi connectivity index (χ0v) is 17.0. The molecule has 2 aromatic rings. The number of nitro groups is 1. The van der Waals surface area contributed by atoms with Gasteiger partial charge in [-0.05, 0) is 51.0 Å². The molecule has 4 rings (SSSR count). The molecule has 2 N–H and O–H groups in total. The van der Waals surface area contributed by atoms with E-state index in [-0.39, 0.29) is 17.2 Å². The predicted octanol–water partition coefficient (Wildman–Crippen LogP) is 3.22. The first kappa shape index (κ1) is 20.1. The average molecular weight is 411 g/mol. The number of aryl methyl sites for hydroxylation is 1. The van der Waals surface area contributed by atoms with Gasteiger partial charge in [-0.15, -0.1) is 0 Å². The van der Waals surface area contributed by atoms with Crippen molar-refractivity contribution in [3.63, 3.8) is 0 Å². The molecule has 2 aliphatic rings. The highest BCUT2D eigenvalue weighted by Crippen LogP contribution is 2.51. The third kappa shape index (κ3) is 3.92. The van der Waals surface area contributed by atoms with E-state index in [2.05, 4.69) is 15.7 Å². The quantitative estimate of drug-likeness (QED) is 0.559. The number of benzene rings is 1. The van der Waals surface area contributed by atoms with Crippen LogP contribution in [-0.4, -0.2) is 32.6 Å². The third-order valence-corrected chi connectivity index (χ3v) is 6.18. The van der Waals surface area contributed by atoms with Gasteiger partial charge in [0.15, 0.2) is 0 Å². The molecule has 2 aliphatic carbocycles. The summed E-state index contributed by atoms with van der Waals surface area (Å²) in [5.74, 6) is 1.10. The number of aromatic nitrogens is 2. The van der Waals surface area contributed by atoms with E-state index in [1.165, 1.54) is 43.5 Å². The van der Waals surface area contributed by atoms with Crippen LogP contribution in [-0.2, 0) is 4.79 Å². The first-order valence-corrected chi connectivity index (χ1v) is 10.2. The van der Waals surface area contributed by atoms with Gasteiger partial charge >= 0.3 is 0 Å². The molecule has 2 fully saturated rings. The molecule has 0 unspecified atom stereocenters. The Labute approximate surface area is 174 Å². The summed E-state index contributed by atoms with van der Waals surface area (Å²) in [6, 6.07) is 6.75. The lowest BCUT2D eigenvalue weighted by atomic mass is 9.95. The molecule has 1 aromatic heterocycles. The number of rotatable bonds is 6. The number of anilines is 1. The first-order valence-electron chi connectivity index (χ1n) is 10.2. The number of carbonyl (C=O) groups is 2. The van der Waals surface area contributed by atoms with Crippen molar-refractivity contribution in [1.29, 1.82) is 0 Å². The Bertz CT molecular complexity index is 1000. The normalized spacial score (nSPS) is 23.2. The number of nitro benzene ring substituents is 1. The van der Waals surface area contributed by atoms with Gasteiger partial charge in [-0.2, -0.15) is 5.10 Å². The fourth-order valence-electron chi connectivity index (χ4n) is 4.71. The standard InChI is InChI=1S/C21H25N5O4/c1-12-8-19(25(24-12)18-10-14-6-7-15(18)9-14)23-20(27)13(2)22-21(28)16-4-3-5-17(11-16)26(29)30/h3-5,8,11,13-15,18H,6-7,9-10H2,1-2H3,(H,22,28)(H,23,27)/t13-,14-,15-,18+/m0/s1. The molecule has 9 heteroatoms. The molecule has 30 heavy (non-hydrogen) atoms. The highest BCUT2D eigenvalue weighted by molar-refractivity contribution is 6.01. The van der Waals surface area contributed by atoms with Crippen molar-refractivity contribution in [1.82, 2.24) is 15.1 Å². The molecule has 2 bridgehead atoms. The number of carbonyl (C=O) groups excluding carboxylic acids is 2. The van der Waals surface area contributed by atoms with E-state index in [0.717, 1.165) is 18.0 Å². The van der Waals surface area contributed by atoms with E-state index in [1.807, 2.05) is 17.7 Å². The lowest BCUT2D eigenvalue weighted by Gasteiger charge is -2.24. The maximum absolute atomic E-state index is 12.7. The Hall–Kier alpha value is -3.23. The van der Waals surface area contributed by atoms with E-state index < -0.39 is 16.9 Å². The maximum Gasteiger partial charge on any atom is 0.270 e. The van der Waals surface area contributed by atoms with Crippen LogP contribution in [0.1, 0.15) is 54.7 Å². The summed E-state index contributed by atoms with van der Waals surface area (Å²) in [5.41, 5.74) is 0.790. The summed E-state index contributed by atoms with van der Waals surface area (Å²) >= 11 is 0. The summed E-state index contributed by atoms with van der Waals surface area (Å²) in [7, 11) is 0. The Kier molecular flexibility index (Phi) is 5.27. The van der Waals surface area contributed by atoms with Crippen molar-refractivity contribution in [2.45, 2.75) is 51.6 Å². The van der Waals surface area contributed by atoms with Crippen LogP contribution < -0.4 is 10.6 Å². The van der Waals surface area contributed by atoms with Crippen LogP contribution >= 0.6 is 0 Å². The molecular weight excluding hydrogens is 386 g/mol. The van der Waals surface area contributed by atoms with Crippen molar-refractivity contribution in [3.8, 4) is 0 Å². The molecule has 0 spiro atoms. The van der Waals surface area contributed by atoms with Gasteiger partial charge in [-0.25, -0.2) is 4.68 Å². The van der Waals surface area contributed by atoms with E-state index >= 15 is 0 Å². The molecule has 4 atom stereocenters. The average Bonchev–Trinajstić information content (AvgIpc) is 3.43. The number of nitrogens with one attached hydrogen (secondary N) is 2. The topological polar surface area (TPSA) is 119 Å². The van der Waals surface area contributed by atoms with E-state index in [1.54, 1.807) is 6.92 Å². The Morgan fingerprint density at radius 2 is 2.07 bits per heavy atom. The molecule has 9 nitrogen and oxygen atoms in total. The Morgan fingerprint density at radius 3 is 2.73 bits per heavy atom. The minimum atomic E-state index is -0.819. The number of nitrogens with zero attached hydrogens (tertiary/aromatic N) is 3. The molecule has 2 amide bonds. The van der Waals surface area contributed by atoms with Crippen molar-refractivity contribution in [2.75, 3.05) is 5.32 Å². The van der Waals surface area contributed by atoms with Gasteiger partial charge in [0.25, 0.3) is 11.6 Å². The van der Waals surface area contributed by atoms with Crippen LogP contribution in [0.3, 0.4) is 0 Å². The molecular formula is C21H25N5O4. The lowest BCUT2D eigenvalue weighted by Crippen LogP contribution is -2.42. The smallest absolute Gasteiger partial charge is 0.270 e. The molecule has 2 saturated carbocycles. The summed E-state index contributed by atoms with van der Waals surface area (Å²) in [6.07, 6.45) is 4.81. The second-order valence-electron chi connectivity index (χ2n) is 8.35. The number of non-ortho nitro benzene ring substituents is 1. The van der Waals surface area contributed by atoms with Gasteiger partial charge < -0.3 is 10.6 Å². The van der Waals surface area contributed by atoms with Crippen LogP contribution in [0, 0.1) is 28.9 Å². The number of fused-ring (bicyclic) bond motifs is 2. The minimum absolute atomic E-state index is 0.131. The highest BCUT2D eigenvalue weighted by atomic mass is 16.6. The van der Waals surface area contributed by atoms with Gasteiger partial charge in [0.2, 0.25) is 5.91 Å². The monoisotopic (exact) mass is 411 g/mol. The van der Waals surface area contributed by atoms with E-state index in [4.69, 9.17) is 0 Å². The second-order valence-corrected chi connectivity index (χ2v) is 8.35. The highest BCUT2D eigenvalue weighted by Gasteiger charge is 2.41. The molecule has 158 valence electrons. The maximum atomic E-state index is 12.7. The summed E-state index contributed by atoms with van der Waals surface area (Å²) < 4.78 is 1.94. The van der Waals surface area contributed by atoms with E-state index in [9.17, 15) is 19.7 Å². The lowest BCUT2D eigenvalue weighted by molar-refractivity contribution is -0.384. The van der Waals surface area contributed by atoms with Crippen molar-refractivity contribution in [2.24, 2.45) is 11.8 Å². The number of hydrogen-bond donors (Lipinski definition) is 2. The van der Waals surface area contributed by atoms with E-state index in [0.29, 0.717) is 17.8 Å². The zero-order chi connectivity index (χ0) is 21.4. The largest absolute Gasteiger partial charge is 0.341 e. The molecule has 1 aromatic carbocycles. The molecule has 0 saturated heterocycles. The SMILES string of the molecule is Cc1cc(NC(=O)[C@H](C)NC(=O)c2cccc([N+](=O)[O-])c2)n([C@@H]2C[C@H]3CC[C@H]2C3)n1. The predicted molar refractivity (Wildman–Crippen MR) is 110 cm³/mol. The number of amides is 2. The van der Waals surface area contributed by atoms with Crippen molar-refractivity contribution < 1.29 is 14.5 Å². The fourth-order valence-corrected chi connectivity index (χ4v) is 4.71. The fraction of sp³-hybridized carbons (Fsp3) is 0.476. The minimum Gasteiger partial charge on any atom is -0.341 e. The van der Waals surface area contributed by atoms with Crippen LogP contribution in [0.4, 0.5) is 11.5 Å². The Balaban J connectivity index is 1.42. The van der Waals surface area contributed by atoms with Gasteiger partial charge in [-0.3, -0.25) is 19.7 Å². The van der Waals surface area contributed by atoms with Crippen LogP contribution in [0.25, 0.3) is 0 Å². The summed E-state index contributed by atoms with van der Waals surface area (Å²) in [6.45, 7) is 3.47. The van der Waals surface area contributed by atoms with Crippen molar-refractivity contribution >= 4 is 23.3 Å².